The van der Waals surface area contributed by atoms with E-state index in [9.17, 15) is 33.6 Å². The normalized spacial score (nSPS) is 12.6. The molecular weight excluding hydrogens is 512 g/mol. The van der Waals surface area contributed by atoms with Crippen LogP contribution in [0.3, 0.4) is 0 Å². The highest BCUT2D eigenvalue weighted by Crippen LogP contribution is 2.04. The molecule has 1 aromatic rings. The van der Waals surface area contributed by atoms with Gasteiger partial charge in [0.25, 0.3) is 0 Å². The fourth-order valence-electron chi connectivity index (χ4n) is 3.24. The van der Waals surface area contributed by atoms with Gasteiger partial charge in [-0.25, -0.2) is 0 Å². The van der Waals surface area contributed by atoms with E-state index in [-0.39, 0.29) is 19.4 Å². The Hall–Kier alpha value is -4.49. The molecule has 1 aromatic carbocycles. The predicted octanol–water partition coefficient (Wildman–Crippen LogP) is -2.19. The standard InChI is InChI=1S/C25H36N6O8/c1-4-17(31-23(37)15(2)10-22(35)36)24(38)29-13-20(33)27-14-21(34)30-18(11-16-8-6-5-7-9-16)25(39)28-12-19(32)26-3/h5-9,15,17-18H,4,10-14H2,1-3H3,(H,26,32)(H,27,33)(H,28,39)(H,29,38)(H,30,34)(H,31,37)(H,35,36). The van der Waals surface area contributed by atoms with Gasteiger partial charge in [0.1, 0.15) is 12.1 Å². The highest BCUT2D eigenvalue weighted by molar-refractivity contribution is 5.94. The molecule has 14 heteroatoms. The van der Waals surface area contributed by atoms with E-state index in [1.807, 2.05) is 0 Å². The van der Waals surface area contributed by atoms with Crippen molar-refractivity contribution in [2.24, 2.45) is 5.92 Å². The van der Waals surface area contributed by atoms with Gasteiger partial charge in [-0.05, 0) is 12.0 Å². The number of carbonyl (C=O) groups excluding carboxylic acids is 6. The van der Waals surface area contributed by atoms with Crippen molar-refractivity contribution in [2.75, 3.05) is 26.7 Å². The molecule has 0 fully saturated rings. The van der Waals surface area contributed by atoms with Crippen LogP contribution in [0, 0.1) is 5.92 Å². The summed E-state index contributed by atoms with van der Waals surface area (Å²) in [4.78, 5) is 83.8. The predicted molar refractivity (Wildman–Crippen MR) is 139 cm³/mol. The molecule has 0 aromatic heterocycles. The summed E-state index contributed by atoms with van der Waals surface area (Å²) in [7, 11) is 1.42. The van der Waals surface area contributed by atoms with E-state index in [1.54, 1.807) is 37.3 Å². The van der Waals surface area contributed by atoms with Gasteiger partial charge in [-0.15, -0.1) is 0 Å². The first-order chi connectivity index (χ1) is 18.5. The molecule has 0 saturated heterocycles. The second kappa shape index (κ2) is 17.1. The van der Waals surface area contributed by atoms with Crippen LogP contribution in [0.25, 0.3) is 0 Å². The first-order valence-corrected chi connectivity index (χ1v) is 12.3. The van der Waals surface area contributed by atoms with Gasteiger partial charge in [0.05, 0.1) is 26.1 Å². The molecule has 1 rings (SSSR count). The number of aliphatic carboxylic acids is 1. The molecule has 6 amide bonds. The smallest absolute Gasteiger partial charge is 0.304 e. The van der Waals surface area contributed by atoms with Gasteiger partial charge in [0.2, 0.25) is 35.4 Å². The van der Waals surface area contributed by atoms with E-state index in [4.69, 9.17) is 5.11 Å². The molecule has 0 aliphatic heterocycles. The Bertz CT molecular complexity index is 1030. The molecule has 0 aliphatic rings. The molecule has 0 saturated carbocycles. The number of hydrogen-bond acceptors (Lipinski definition) is 7. The molecule has 3 unspecified atom stereocenters. The molecule has 0 aliphatic carbocycles. The van der Waals surface area contributed by atoms with Crippen LogP contribution in [0.2, 0.25) is 0 Å². The van der Waals surface area contributed by atoms with Crippen molar-refractivity contribution in [3.8, 4) is 0 Å². The maximum atomic E-state index is 12.6. The zero-order valence-corrected chi connectivity index (χ0v) is 22.2. The number of amides is 6. The van der Waals surface area contributed by atoms with Crippen molar-refractivity contribution in [3.05, 3.63) is 35.9 Å². The van der Waals surface area contributed by atoms with Crippen LogP contribution >= 0.6 is 0 Å². The third-order valence-electron chi connectivity index (χ3n) is 5.48. The minimum absolute atomic E-state index is 0.144. The summed E-state index contributed by atoms with van der Waals surface area (Å²) in [6.45, 7) is 1.81. The lowest BCUT2D eigenvalue weighted by molar-refractivity contribution is -0.141. The molecule has 7 N–H and O–H groups in total. The summed E-state index contributed by atoms with van der Waals surface area (Å²) < 4.78 is 0. The second-order valence-electron chi connectivity index (χ2n) is 8.66. The fraction of sp³-hybridized carbons (Fsp3) is 0.480. The molecule has 0 spiro atoms. The lowest BCUT2D eigenvalue weighted by Gasteiger charge is -2.19. The van der Waals surface area contributed by atoms with Crippen LogP contribution < -0.4 is 31.9 Å². The van der Waals surface area contributed by atoms with E-state index in [0.29, 0.717) is 0 Å². The van der Waals surface area contributed by atoms with Crippen molar-refractivity contribution in [1.29, 1.82) is 0 Å². The largest absolute Gasteiger partial charge is 0.481 e. The maximum absolute atomic E-state index is 12.6. The zero-order chi connectivity index (χ0) is 29.4. The minimum atomic E-state index is -1.15. The molecule has 214 valence electrons. The summed E-state index contributed by atoms with van der Waals surface area (Å²) in [5.74, 6) is -5.61. The Morgan fingerprint density at radius 2 is 1.31 bits per heavy atom. The molecule has 3 atom stereocenters. The number of carboxylic acid groups (broad SMARTS) is 1. The Kier molecular flexibility index (Phi) is 14.3. The zero-order valence-electron chi connectivity index (χ0n) is 22.2. The van der Waals surface area contributed by atoms with Crippen LogP contribution in [0.5, 0.6) is 0 Å². The van der Waals surface area contributed by atoms with Gasteiger partial charge >= 0.3 is 5.97 Å². The van der Waals surface area contributed by atoms with Crippen molar-refractivity contribution in [3.63, 3.8) is 0 Å². The third kappa shape index (κ3) is 13.0. The highest BCUT2D eigenvalue weighted by atomic mass is 16.4. The number of rotatable bonds is 16. The molecule has 14 nitrogen and oxygen atoms in total. The van der Waals surface area contributed by atoms with Crippen molar-refractivity contribution in [2.45, 2.75) is 45.2 Å². The number of carbonyl (C=O) groups is 7. The van der Waals surface area contributed by atoms with Crippen molar-refractivity contribution >= 4 is 41.4 Å². The first-order valence-electron chi connectivity index (χ1n) is 12.3. The summed E-state index contributed by atoms with van der Waals surface area (Å²) in [5, 5.41) is 23.3. The Labute approximate surface area is 226 Å². The van der Waals surface area contributed by atoms with Crippen LogP contribution in [-0.2, 0) is 40.0 Å². The number of carboxylic acids is 1. The Morgan fingerprint density at radius 3 is 1.87 bits per heavy atom. The highest BCUT2D eigenvalue weighted by Gasteiger charge is 2.24. The van der Waals surface area contributed by atoms with Gasteiger partial charge in [-0.1, -0.05) is 44.2 Å². The van der Waals surface area contributed by atoms with E-state index < -0.39 is 78.9 Å². The van der Waals surface area contributed by atoms with E-state index >= 15 is 0 Å². The Balaban J connectivity index is 2.59. The van der Waals surface area contributed by atoms with Crippen LogP contribution in [-0.4, -0.2) is 85.3 Å². The summed E-state index contributed by atoms with van der Waals surface area (Å²) in [6, 6.07) is 6.90. The molecule has 39 heavy (non-hydrogen) atoms. The molecular formula is C25H36N6O8. The number of nitrogens with one attached hydrogen (secondary N) is 6. The monoisotopic (exact) mass is 548 g/mol. The number of benzene rings is 1. The topological polar surface area (TPSA) is 212 Å². The van der Waals surface area contributed by atoms with Crippen molar-refractivity contribution < 1.29 is 38.7 Å². The molecule has 0 heterocycles. The molecule has 0 radical (unpaired) electrons. The fourth-order valence-corrected chi connectivity index (χ4v) is 3.24. The third-order valence-corrected chi connectivity index (χ3v) is 5.48. The minimum Gasteiger partial charge on any atom is -0.481 e. The first kappa shape index (κ1) is 32.5. The van der Waals surface area contributed by atoms with Gasteiger partial charge in [0, 0.05) is 19.4 Å². The lowest BCUT2D eigenvalue weighted by atomic mass is 10.1. The number of hydrogen-bond donors (Lipinski definition) is 7. The van der Waals surface area contributed by atoms with E-state index in [1.165, 1.54) is 14.0 Å². The Morgan fingerprint density at radius 1 is 0.744 bits per heavy atom. The quantitative estimate of drug-likeness (QED) is 0.120. The number of likely N-dealkylation sites (N-methyl/N-ethyl adjacent to an activating group) is 1. The summed E-state index contributed by atoms with van der Waals surface area (Å²) >= 11 is 0. The van der Waals surface area contributed by atoms with Gasteiger partial charge in [-0.2, -0.15) is 0 Å². The van der Waals surface area contributed by atoms with Crippen LogP contribution in [0.4, 0.5) is 0 Å². The van der Waals surface area contributed by atoms with Gasteiger partial charge in [0.15, 0.2) is 0 Å². The van der Waals surface area contributed by atoms with Crippen LogP contribution in [0.15, 0.2) is 30.3 Å². The molecule has 0 bridgehead atoms. The lowest BCUT2D eigenvalue weighted by Crippen LogP contribution is -2.53. The summed E-state index contributed by atoms with van der Waals surface area (Å²) in [5.41, 5.74) is 0.763. The average Bonchev–Trinajstić information content (AvgIpc) is 2.91. The maximum Gasteiger partial charge on any atom is 0.304 e. The average molecular weight is 549 g/mol. The van der Waals surface area contributed by atoms with Crippen molar-refractivity contribution in [1.82, 2.24) is 31.9 Å². The van der Waals surface area contributed by atoms with Gasteiger partial charge < -0.3 is 37.0 Å². The van der Waals surface area contributed by atoms with E-state index in [2.05, 4.69) is 31.9 Å². The van der Waals surface area contributed by atoms with Crippen LogP contribution in [0.1, 0.15) is 32.3 Å². The summed E-state index contributed by atoms with van der Waals surface area (Å²) in [6.07, 6.45) is -0.0478. The van der Waals surface area contributed by atoms with E-state index in [0.717, 1.165) is 5.56 Å². The second-order valence-corrected chi connectivity index (χ2v) is 8.66. The van der Waals surface area contributed by atoms with Gasteiger partial charge in [-0.3, -0.25) is 33.6 Å². The SMILES string of the molecule is CCC(NC(=O)C(C)CC(=O)O)C(=O)NCC(=O)NCC(=O)NC(Cc1ccccc1)C(=O)NCC(=O)NC.